The Morgan fingerprint density at radius 1 is 1.08 bits per heavy atom. The van der Waals surface area contributed by atoms with Gasteiger partial charge in [0.15, 0.2) is 0 Å². The maximum Gasteiger partial charge on any atom is 0.417 e. The Morgan fingerprint density at radius 2 is 1.84 bits per heavy atom. The highest BCUT2D eigenvalue weighted by atomic mass is 19.4. The first-order valence-corrected chi connectivity index (χ1v) is 13.1. The van der Waals surface area contributed by atoms with Gasteiger partial charge in [0.2, 0.25) is 0 Å². The molecule has 2 aromatic carbocycles. The van der Waals surface area contributed by atoms with Crippen LogP contribution < -0.4 is 9.64 Å². The molecule has 1 fully saturated rings. The van der Waals surface area contributed by atoms with Gasteiger partial charge in [0.25, 0.3) is 0 Å². The zero-order valence-corrected chi connectivity index (χ0v) is 22.1. The van der Waals surface area contributed by atoms with E-state index in [0.29, 0.717) is 18.7 Å². The monoisotopic (exact) mass is 516 g/mol. The van der Waals surface area contributed by atoms with Crippen LogP contribution in [0.5, 0.6) is 5.75 Å². The maximum absolute atomic E-state index is 14.2. The van der Waals surface area contributed by atoms with Crippen LogP contribution in [0.2, 0.25) is 0 Å². The average molecular weight is 517 g/mol. The Bertz CT molecular complexity index is 1200. The Balaban J connectivity index is 1.55. The quantitative estimate of drug-likeness (QED) is 0.440. The maximum atomic E-state index is 14.2. The zero-order chi connectivity index (χ0) is 26.7. The molecule has 0 spiro atoms. The lowest BCUT2D eigenvalue weighted by Gasteiger charge is -2.40. The minimum atomic E-state index is -4.52. The van der Waals surface area contributed by atoms with Crippen molar-refractivity contribution >= 4 is 11.8 Å². The molecule has 0 N–H and O–H groups in total. The lowest BCUT2D eigenvalue weighted by molar-refractivity contribution is -0.137. The normalized spacial score (nSPS) is 21.1. The molecule has 2 aromatic rings. The summed E-state index contributed by atoms with van der Waals surface area (Å²) in [5, 5.41) is 0. The van der Waals surface area contributed by atoms with E-state index in [4.69, 9.17) is 9.47 Å². The van der Waals surface area contributed by atoms with E-state index in [0.717, 1.165) is 48.7 Å². The van der Waals surface area contributed by atoms with Crippen LogP contribution in [0, 0.1) is 0 Å². The van der Waals surface area contributed by atoms with Crippen molar-refractivity contribution in [2.75, 3.05) is 24.5 Å². The third-order valence-electron chi connectivity index (χ3n) is 7.36. The van der Waals surface area contributed by atoms with E-state index >= 15 is 0 Å². The molecule has 1 amide bonds. The van der Waals surface area contributed by atoms with E-state index in [1.165, 1.54) is 6.07 Å². The fraction of sp³-hybridized carbons (Fsp3) is 0.552. The van der Waals surface area contributed by atoms with Gasteiger partial charge in [-0.15, -0.1) is 0 Å². The smallest absolute Gasteiger partial charge is 0.417 e. The molecule has 3 heterocycles. The predicted molar refractivity (Wildman–Crippen MR) is 137 cm³/mol. The Labute approximate surface area is 216 Å². The average Bonchev–Trinajstić information content (AvgIpc) is 3.11. The number of piperidine rings is 1. The Kier molecular flexibility index (Phi) is 6.35. The number of hydrogen-bond acceptors (Lipinski definition) is 4. The number of amides is 1. The third kappa shape index (κ3) is 4.99. The SMILES string of the molecule is CC(C)Oc1ccc(-c2cc3c4c(c2)[C@@H]2CN(C(=O)OC(C)(C)C)CC[C@@H]2N4CCC3)c(C(F)(F)F)c1. The van der Waals surface area contributed by atoms with Crippen molar-refractivity contribution in [1.29, 1.82) is 0 Å². The van der Waals surface area contributed by atoms with Crippen molar-refractivity contribution < 1.29 is 27.4 Å². The summed E-state index contributed by atoms with van der Waals surface area (Å²) in [6.45, 7) is 11.2. The number of ether oxygens (including phenoxy) is 2. The number of likely N-dealkylation sites (tertiary alicyclic amines) is 1. The van der Waals surface area contributed by atoms with Gasteiger partial charge in [0, 0.05) is 37.3 Å². The Hall–Kier alpha value is -2.90. The van der Waals surface area contributed by atoms with Crippen molar-refractivity contribution in [3.05, 3.63) is 47.0 Å². The molecule has 5 nitrogen and oxygen atoms in total. The van der Waals surface area contributed by atoms with E-state index in [1.807, 2.05) is 32.9 Å². The number of carbonyl (C=O) groups is 1. The molecule has 2 atom stereocenters. The van der Waals surface area contributed by atoms with Gasteiger partial charge in [0.05, 0.1) is 11.7 Å². The molecule has 1 saturated heterocycles. The second kappa shape index (κ2) is 9.14. The van der Waals surface area contributed by atoms with Gasteiger partial charge in [-0.1, -0.05) is 6.07 Å². The van der Waals surface area contributed by atoms with E-state index in [2.05, 4.69) is 4.90 Å². The van der Waals surface area contributed by atoms with Crippen molar-refractivity contribution in [1.82, 2.24) is 4.90 Å². The topological polar surface area (TPSA) is 42.0 Å². The lowest BCUT2D eigenvalue weighted by Crippen LogP contribution is -2.49. The fourth-order valence-electron chi connectivity index (χ4n) is 6.05. The number of aryl methyl sites for hydroxylation is 1. The summed E-state index contributed by atoms with van der Waals surface area (Å²) in [4.78, 5) is 17.0. The van der Waals surface area contributed by atoms with E-state index in [9.17, 15) is 18.0 Å². The highest BCUT2D eigenvalue weighted by Gasteiger charge is 2.46. The second-order valence-corrected chi connectivity index (χ2v) is 11.6. The summed E-state index contributed by atoms with van der Waals surface area (Å²) in [6, 6.07) is 8.34. The standard InChI is InChI=1S/C29H35F3N2O3/c1-17(2)36-20-8-9-21(24(15-20)29(30,31)32)19-13-18-7-6-11-34-25-10-12-33(27(35)37-28(3,4)5)16-23(25)22(14-19)26(18)34/h8-9,13-15,17,23,25H,6-7,10-12,16H2,1-5H3/t23-,25-/m0/s1. The highest BCUT2D eigenvalue weighted by Crippen LogP contribution is 2.51. The number of nitrogens with zero attached hydrogens (tertiary/aromatic N) is 2. The van der Waals surface area contributed by atoms with E-state index < -0.39 is 17.3 Å². The summed E-state index contributed by atoms with van der Waals surface area (Å²) in [5.74, 6) is 0.242. The van der Waals surface area contributed by atoms with Crippen LogP contribution in [0.3, 0.4) is 0 Å². The number of anilines is 1. The first-order valence-electron chi connectivity index (χ1n) is 13.1. The van der Waals surface area contributed by atoms with Crippen LogP contribution in [0.1, 0.15) is 70.1 Å². The summed E-state index contributed by atoms with van der Waals surface area (Å²) in [5.41, 5.74) is 2.73. The molecule has 3 aliphatic heterocycles. The fourth-order valence-corrected chi connectivity index (χ4v) is 6.05. The van der Waals surface area contributed by atoms with Gasteiger partial charge in [0.1, 0.15) is 11.4 Å². The van der Waals surface area contributed by atoms with Gasteiger partial charge in [-0.05, 0) is 100 Å². The number of halogens is 3. The van der Waals surface area contributed by atoms with Crippen LogP contribution in [0.15, 0.2) is 30.3 Å². The van der Waals surface area contributed by atoms with Crippen molar-refractivity contribution in [2.45, 2.75) is 83.7 Å². The van der Waals surface area contributed by atoms with Crippen molar-refractivity contribution in [3.63, 3.8) is 0 Å². The molecule has 0 aromatic heterocycles. The van der Waals surface area contributed by atoms with Crippen LogP contribution in [0.25, 0.3) is 11.1 Å². The molecule has 200 valence electrons. The number of alkyl halides is 3. The van der Waals surface area contributed by atoms with Gasteiger partial charge < -0.3 is 19.3 Å². The van der Waals surface area contributed by atoms with Gasteiger partial charge >= 0.3 is 12.3 Å². The summed E-state index contributed by atoms with van der Waals surface area (Å²) >= 11 is 0. The predicted octanol–water partition coefficient (Wildman–Crippen LogP) is 7.02. The van der Waals surface area contributed by atoms with Crippen LogP contribution in [-0.4, -0.2) is 48.4 Å². The number of rotatable bonds is 3. The van der Waals surface area contributed by atoms with Crippen LogP contribution in [0.4, 0.5) is 23.7 Å². The van der Waals surface area contributed by atoms with E-state index in [1.54, 1.807) is 24.8 Å². The largest absolute Gasteiger partial charge is 0.491 e. The molecule has 37 heavy (non-hydrogen) atoms. The number of fused-ring (bicyclic) bond motifs is 3. The van der Waals surface area contributed by atoms with Gasteiger partial charge in [-0.25, -0.2) is 4.79 Å². The van der Waals surface area contributed by atoms with E-state index in [-0.39, 0.29) is 35.5 Å². The molecule has 0 aliphatic carbocycles. The van der Waals surface area contributed by atoms with Crippen molar-refractivity contribution in [2.24, 2.45) is 0 Å². The minimum absolute atomic E-state index is 0.0333. The first kappa shape index (κ1) is 25.7. The molecule has 0 bridgehead atoms. The number of hydrogen-bond donors (Lipinski definition) is 0. The molecule has 8 heteroatoms. The molecule has 0 saturated carbocycles. The van der Waals surface area contributed by atoms with Crippen LogP contribution in [-0.2, 0) is 17.3 Å². The summed E-state index contributed by atoms with van der Waals surface area (Å²) < 4.78 is 53.8. The second-order valence-electron chi connectivity index (χ2n) is 11.6. The van der Waals surface area contributed by atoms with Crippen molar-refractivity contribution in [3.8, 4) is 16.9 Å². The lowest BCUT2D eigenvalue weighted by atomic mass is 9.86. The summed E-state index contributed by atoms with van der Waals surface area (Å²) in [6.07, 6.45) is -2.48. The molecule has 3 aliphatic rings. The highest BCUT2D eigenvalue weighted by molar-refractivity contribution is 5.79. The van der Waals surface area contributed by atoms with Gasteiger partial charge in [-0.3, -0.25) is 0 Å². The minimum Gasteiger partial charge on any atom is -0.491 e. The zero-order valence-electron chi connectivity index (χ0n) is 22.1. The molecular formula is C29H35F3N2O3. The first-order chi connectivity index (χ1) is 17.3. The summed E-state index contributed by atoms with van der Waals surface area (Å²) in [7, 11) is 0. The number of benzene rings is 2. The molecular weight excluding hydrogens is 481 g/mol. The Morgan fingerprint density at radius 3 is 2.51 bits per heavy atom. The third-order valence-corrected chi connectivity index (χ3v) is 7.36. The molecule has 5 rings (SSSR count). The number of carbonyl (C=O) groups excluding carboxylic acids is 1. The molecule has 0 radical (unpaired) electrons. The molecule has 0 unspecified atom stereocenters. The van der Waals surface area contributed by atoms with Crippen LogP contribution >= 0.6 is 0 Å². The van der Waals surface area contributed by atoms with Gasteiger partial charge in [-0.2, -0.15) is 13.2 Å².